The van der Waals surface area contributed by atoms with Crippen molar-refractivity contribution in [3.8, 4) is 0 Å². The normalized spacial score (nSPS) is 24.3. The summed E-state index contributed by atoms with van der Waals surface area (Å²) in [7, 11) is 0. The predicted octanol–water partition coefficient (Wildman–Crippen LogP) is 6.10. The van der Waals surface area contributed by atoms with E-state index in [1.54, 1.807) is 17.7 Å². The number of hydrogen-bond donors (Lipinski definition) is 3. The highest BCUT2D eigenvalue weighted by Crippen LogP contribution is 2.40. The Morgan fingerprint density at radius 3 is 2.21 bits per heavy atom. The van der Waals surface area contributed by atoms with Crippen LogP contribution in [0.5, 0.6) is 0 Å². The number of carboxylic acids is 1. The predicted molar refractivity (Wildman–Crippen MR) is 141 cm³/mol. The lowest BCUT2D eigenvalue weighted by Crippen LogP contribution is -2.40. The summed E-state index contributed by atoms with van der Waals surface area (Å²) in [6.45, 7) is 3.08. The molecule has 2 fully saturated rings. The third-order valence-corrected chi connectivity index (χ3v) is 6.80. The molecule has 0 spiro atoms. The molecule has 3 N–H and O–H groups in total. The van der Waals surface area contributed by atoms with Gasteiger partial charge in [0.05, 0.1) is 5.56 Å². The third-order valence-electron chi connectivity index (χ3n) is 6.80. The topological polar surface area (TPSA) is 61.4 Å². The van der Waals surface area contributed by atoms with Crippen LogP contribution in [0.1, 0.15) is 66.9 Å². The molecule has 0 aromatic heterocycles. The van der Waals surface area contributed by atoms with Gasteiger partial charge >= 0.3 is 5.97 Å². The highest BCUT2D eigenvalue weighted by Gasteiger charge is 2.40. The average molecular weight is 492 g/mol. The summed E-state index contributed by atoms with van der Waals surface area (Å²) in [6.07, 6.45) is 9.63. The van der Waals surface area contributed by atoms with Gasteiger partial charge in [-0.05, 0) is 67.7 Å². The molecule has 180 valence electrons. The van der Waals surface area contributed by atoms with E-state index in [0.29, 0.717) is 29.6 Å². The van der Waals surface area contributed by atoms with Crippen LogP contribution in [0.4, 0.5) is 0 Å². The molecule has 2 atom stereocenters. The first-order valence-electron chi connectivity index (χ1n) is 11.7. The van der Waals surface area contributed by atoms with Gasteiger partial charge in [-0.1, -0.05) is 61.0 Å². The zero-order chi connectivity index (χ0) is 21.6. The summed E-state index contributed by atoms with van der Waals surface area (Å²) in [4.78, 5) is 11.0. The van der Waals surface area contributed by atoms with E-state index < -0.39 is 5.97 Å². The van der Waals surface area contributed by atoms with Crippen LogP contribution in [0.2, 0.25) is 0 Å². The Morgan fingerprint density at radius 2 is 1.61 bits per heavy atom. The second-order valence-corrected chi connectivity index (χ2v) is 9.03. The molecular formula is C27H36Cl2N2O2. The lowest BCUT2D eigenvalue weighted by molar-refractivity contribution is 0.0697. The molecule has 0 amide bonds. The van der Waals surface area contributed by atoms with Crippen LogP contribution in [0.15, 0.2) is 60.2 Å². The third kappa shape index (κ3) is 7.86. The largest absolute Gasteiger partial charge is 0.478 e. The van der Waals surface area contributed by atoms with Crippen molar-refractivity contribution in [2.45, 2.75) is 70.1 Å². The minimum Gasteiger partial charge on any atom is -0.478 e. The number of halogens is 2. The first-order valence-corrected chi connectivity index (χ1v) is 11.7. The molecule has 0 radical (unpaired) electrons. The van der Waals surface area contributed by atoms with Gasteiger partial charge in [-0.25, -0.2) is 4.79 Å². The molecule has 2 aliphatic rings. The molecule has 2 aliphatic carbocycles. The summed E-state index contributed by atoms with van der Waals surface area (Å²) in [5.74, 6) is -0.167. The fourth-order valence-electron chi connectivity index (χ4n) is 4.82. The fraction of sp³-hybridized carbons (Fsp3) is 0.444. The Labute approximate surface area is 210 Å². The zero-order valence-electron chi connectivity index (χ0n) is 19.2. The van der Waals surface area contributed by atoms with E-state index in [2.05, 4.69) is 54.0 Å². The van der Waals surface area contributed by atoms with Crippen LogP contribution < -0.4 is 10.6 Å². The fourth-order valence-corrected chi connectivity index (χ4v) is 4.82. The van der Waals surface area contributed by atoms with Crippen molar-refractivity contribution >= 4 is 36.9 Å². The summed E-state index contributed by atoms with van der Waals surface area (Å²) in [6, 6.07) is 19.7. The molecule has 33 heavy (non-hydrogen) atoms. The van der Waals surface area contributed by atoms with Gasteiger partial charge in [0.15, 0.2) is 0 Å². The Bertz CT molecular complexity index is 894. The van der Waals surface area contributed by atoms with Gasteiger partial charge in [-0.3, -0.25) is 0 Å². The zero-order valence-corrected chi connectivity index (χ0v) is 20.8. The maximum atomic E-state index is 11.0. The first-order chi connectivity index (χ1) is 15.1. The second kappa shape index (κ2) is 13.1. The smallest absolute Gasteiger partial charge is 0.335 e. The average Bonchev–Trinajstić information content (AvgIpc) is 3.56. The Hall–Kier alpha value is -1.85. The number of carboxylic acid groups (broad SMARTS) is 1. The van der Waals surface area contributed by atoms with Crippen molar-refractivity contribution < 1.29 is 9.90 Å². The Balaban J connectivity index is 0.00000193. The van der Waals surface area contributed by atoms with Gasteiger partial charge in [-0.15, -0.1) is 24.8 Å². The number of aromatic carboxylic acids is 1. The maximum absolute atomic E-state index is 11.0. The molecule has 2 aromatic carbocycles. The molecule has 2 aromatic rings. The van der Waals surface area contributed by atoms with Gasteiger partial charge in [0.2, 0.25) is 0 Å². The van der Waals surface area contributed by atoms with E-state index in [1.165, 1.54) is 37.7 Å². The molecule has 0 heterocycles. The van der Waals surface area contributed by atoms with E-state index >= 15 is 0 Å². The molecule has 0 unspecified atom stereocenters. The highest BCUT2D eigenvalue weighted by molar-refractivity contribution is 5.87. The van der Waals surface area contributed by atoms with E-state index in [9.17, 15) is 4.79 Å². The maximum Gasteiger partial charge on any atom is 0.335 e. The number of rotatable bonds is 9. The minimum atomic E-state index is -0.871. The van der Waals surface area contributed by atoms with Crippen molar-refractivity contribution in [2.24, 2.45) is 5.92 Å². The molecule has 6 heteroatoms. The van der Waals surface area contributed by atoms with Crippen molar-refractivity contribution in [2.75, 3.05) is 0 Å². The van der Waals surface area contributed by atoms with Crippen LogP contribution in [0.3, 0.4) is 0 Å². The van der Waals surface area contributed by atoms with Crippen LogP contribution in [0, 0.1) is 5.92 Å². The summed E-state index contributed by atoms with van der Waals surface area (Å²) < 4.78 is 0. The van der Waals surface area contributed by atoms with E-state index in [0.717, 1.165) is 18.5 Å². The van der Waals surface area contributed by atoms with E-state index in [4.69, 9.17) is 5.11 Å². The van der Waals surface area contributed by atoms with Gasteiger partial charge in [0.1, 0.15) is 0 Å². The van der Waals surface area contributed by atoms with E-state index in [1.807, 2.05) is 12.1 Å². The van der Waals surface area contributed by atoms with Crippen LogP contribution >= 0.6 is 24.8 Å². The lowest BCUT2D eigenvalue weighted by atomic mass is 9.91. The molecule has 4 rings (SSSR count). The molecular weight excluding hydrogens is 455 g/mol. The number of carbonyl (C=O) groups is 1. The van der Waals surface area contributed by atoms with Gasteiger partial charge in [0.25, 0.3) is 0 Å². The molecule has 0 bridgehead atoms. The first kappa shape index (κ1) is 27.4. The molecule has 0 saturated heterocycles. The van der Waals surface area contributed by atoms with Crippen molar-refractivity contribution in [1.29, 1.82) is 0 Å². The van der Waals surface area contributed by atoms with Crippen molar-refractivity contribution in [3.63, 3.8) is 0 Å². The lowest BCUT2D eigenvalue weighted by Gasteiger charge is -2.30. The monoisotopic (exact) mass is 490 g/mol. The van der Waals surface area contributed by atoms with Crippen LogP contribution in [0.25, 0.3) is 6.08 Å². The molecule has 0 aliphatic heterocycles. The minimum absolute atomic E-state index is 0. The highest BCUT2D eigenvalue weighted by atomic mass is 35.5. The SMILES string of the molecule is CCC(=Cc1ccccc1)[C@@H]1C[C@H]1N[C@H]1CC[C@H](NCc2ccc(C(=O)O)cc2)CC1.Cl.Cl. The quantitative estimate of drug-likeness (QED) is 0.397. The Morgan fingerprint density at radius 1 is 0.970 bits per heavy atom. The van der Waals surface area contributed by atoms with Gasteiger partial charge < -0.3 is 15.7 Å². The molecule has 4 nitrogen and oxygen atoms in total. The van der Waals surface area contributed by atoms with Crippen LogP contribution in [-0.2, 0) is 6.54 Å². The van der Waals surface area contributed by atoms with Crippen LogP contribution in [-0.4, -0.2) is 29.2 Å². The summed E-state index contributed by atoms with van der Waals surface area (Å²) in [5.41, 5.74) is 4.38. The summed E-state index contributed by atoms with van der Waals surface area (Å²) >= 11 is 0. The summed E-state index contributed by atoms with van der Waals surface area (Å²) in [5, 5.41) is 16.6. The van der Waals surface area contributed by atoms with Gasteiger partial charge in [0, 0.05) is 24.7 Å². The number of benzene rings is 2. The van der Waals surface area contributed by atoms with Crippen molar-refractivity contribution in [1.82, 2.24) is 10.6 Å². The number of nitrogens with one attached hydrogen (secondary N) is 2. The Kier molecular flexibility index (Phi) is 10.9. The molecule has 2 saturated carbocycles. The second-order valence-electron chi connectivity index (χ2n) is 9.03. The van der Waals surface area contributed by atoms with Crippen molar-refractivity contribution in [3.05, 3.63) is 76.9 Å². The number of hydrogen-bond acceptors (Lipinski definition) is 3. The van der Waals surface area contributed by atoms with Gasteiger partial charge in [-0.2, -0.15) is 0 Å². The standard InChI is InChI=1S/C27H34N2O2.2ClH/c1-2-21(16-19-6-4-3-5-7-19)25-17-26(25)29-24-14-12-23(13-15-24)28-18-20-8-10-22(11-9-20)27(30)31;;/h3-11,16,23-26,28-29H,2,12-15,17-18H2,1H3,(H,30,31);2*1H/t23-,24-,25-,26+;;/m0../s1. The van der Waals surface area contributed by atoms with E-state index in [-0.39, 0.29) is 24.8 Å².